The van der Waals surface area contributed by atoms with Gasteiger partial charge in [-0.3, -0.25) is 9.78 Å². The molecule has 39 heavy (non-hydrogen) atoms. The normalized spacial score (nSPS) is 19.8. The molecule has 8 heteroatoms. The Bertz CT molecular complexity index is 1370. The number of carbonyl (C=O) groups excluding carboxylic acids is 1. The number of hydrogen-bond donors (Lipinski definition) is 2. The summed E-state index contributed by atoms with van der Waals surface area (Å²) in [5.41, 5.74) is 5.76. The molecule has 0 spiro atoms. The van der Waals surface area contributed by atoms with Crippen LogP contribution in [0.25, 0.3) is 0 Å². The Morgan fingerprint density at radius 2 is 1.87 bits per heavy atom. The van der Waals surface area contributed by atoms with Crippen molar-refractivity contribution in [2.45, 2.75) is 78.4 Å². The van der Waals surface area contributed by atoms with Crippen molar-refractivity contribution in [1.29, 1.82) is 0 Å². The number of anilines is 2. The van der Waals surface area contributed by atoms with E-state index in [1.807, 2.05) is 57.3 Å². The fourth-order valence-electron chi connectivity index (χ4n) is 6.02. The number of nitrogens with one attached hydrogen (secondary N) is 2. The zero-order chi connectivity index (χ0) is 27.9. The highest BCUT2D eigenvalue weighted by molar-refractivity contribution is 7.80. The summed E-state index contributed by atoms with van der Waals surface area (Å²) in [6.07, 6.45) is 6.85. The quantitative estimate of drug-likeness (QED) is 0.333. The molecule has 1 aromatic carbocycles. The summed E-state index contributed by atoms with van der Waals surface area (Å²) in [4.78, 5) is 19.6. The van der Waals surface area contributed by atoms with Gasteiger partial charge in [-0.15, -0.1) is 0 Å². The third kappa shape index (κ3) is 5.14. The van der Waals surface area contributed by atoms with E-state index in [0.717, 1.165) is 11.4 Å². The lowest BCUT2D eigenvalue weighted by atomic mass is 9.95. The van der Waals surface area contributed by atoms with E-state index in [1.54, 1.807) is 7.11 Å². The molecule has 206 valence electrons. The summed E-state index contributed by atoms with van der Waals surface area (Å²) in [6.45, 7) is 10.1. The number of aryl methyl sites for hydroxylation is 1. The first-order valence-corrected chi connectivity index (χ1v) is 14.2. The first-order chi connectivity index (χ1) is 18.6. The number of aromatic nitrogens is 2. The van der Waals surface area contributed by atoms with Crippen LogP contribution in [0.2, 0.25) is 0 Å². The number of benzene rings is 1. The van der Waals surface area contributed by atoms with Crippen molar-refractivity contribution in [3.63, 3.8) is 0 Å². The zero-order valence-electron chi connectivity index (χ0n) is 23.7. The van der Waals surface area contributed by atoms with Crippen molar-refractivity contribution in [3.8, 4) is 5.75 Å². The molecule has 2 atom stereocenters. The molecule has 0 bridgehead atoms. The van der Waals surface area contributed by atoms with Gasteiger partial charge in [0, 0.05) is 40.8 Å². The lowest BCUT2D eigenvalue weighted by Gasteiger charge is -2.29. The van der Waals surface area contributed by atoms with Crippen LogP contribution in [-0.2, 0) is 4.79 Å². The van der Waals surface area contributed by atoms with E-state index in [9.17, 15) is 4.79 Å². The number of methoxy groups -OCH3 is 1. The van der Waals surface area contributed by atoms with E-state index >= 15 is 0 Å². The smallest absolute Gasteiger partial charge is 0.229 e. The van der Waals surface area contributed by atoms with Crippen LogP contribution in [0.15, 0.2) is 48.7 Å². The molecule has 2 fully saturated rings. The largest absolute Gasteiger partial charge is 0.494 e. The fourth-order valence-corrected chi connectivity index (χ4v) is 6.36. The average Bonchev–Trinajstić information content (AvgIpc) is 3.62. The third-order valence-electron chi connectivity index (χ3n) is 8.02. The highest BCUT2D eigenvalue weighted by Gasteiger charge is 2.43. The van der Waals surface area contributed by atoms with E-state index in [0.29, 0.717) is 22.6 Å². The Hall–Kier alpha value is -3.39. The summed E-state index contributed by atoms with van der Waals surface area (Å²) in [5.74, 6) is 0.517. The summed E-state index contributed by atoms with van der Waals surface area (Å²) in [5, 5.41) is 7.22. The van der Waals surface area contributed by atoms with Crippen LogP contribution in [0.4, 0.5) is 11.4 Å². The van der Waals surface area contributed by atoms with Gasteiger partial charge in [-0.1, -0.05) is 39.7 Å². The van der Waals surface area contributed by atoms with Crippen LogP contribution in [0.3, 0.4) is 0 Å². The predicted molar refractivity (Wildman–Crippen MR) is 160 cm³/mol. The van der Waals surface area contributed by atoms with Crippen molar-refractivity contribution < 1.29 is 9.53 Å². The molecule has 0 radical (unpaired) electrons. The highest BCUT2D eigenvalue weighted by atomic mass is 32.1. The van der Waals surface area contributed by atoms with Crippen molar-refractivity contribution in [3.05, 3.63) is 71.3 Å². The van der Waals surface area contributed by atoms with E-state index in [2.05, 4.69) is 46.1 Å². The van der Waals surface area contributed by atoms with Crippen molar-refractivity contribution in [2.24, 2.45) is 5.41 Å². The van der Waals surface area contributed by atoms with Gasteiger partial charge >= 0.3 is 0 Å². The Kier molecular flexibility index (Phi) is 7.42. The highest BCUT2D eigenvalue weighted by Crippen LogP contribution is 2.46. The first-order valence-electron chi connectivity index (χ1n) is 13.8. The summed E-state index contributed by atoms with van der Waals surface area (Å²) in [7, 11) is 1.62. The van der Waals surface area contributed by atoms with Crippen LogP contribution in [0, 0.1) is 19.3 Å². The molecular formula is C31H39N5O2S. The Morgan fingerprint density at radius 1 is 1.13 bits per heavy atom. The number of hydrogen-bond acceptors (Lipinski definition) is 4. The fraction of sp³-hybridized carbons (Fsp3) is 0.452. The number of ether oxygens (including phenoxy) is 1. The Morgan fingerprint density at radius 3 is 2.51 bits per heavy atom. The molecule has 1 aliphatic carbocycles. The maximum absolute atomic E-state index is 12.7. The molecule has 1 saturated carbocycles. The monoisotopic (exact) mass is 545 g/mol. The minimum atomic E-state index is -0.521. The van der Waals surface area contributed by atoms with Gasteiger partial charge in [-0.05, 0) is 74.8 Å². The second kappa shape index (κ2) is 10.6. The molecule has 2 aromatic heterocycles. The van der Waals surface area contributed by atoms with Gasteiger partial charge in [0.15, 0.2) is 5.11 Å². The maximum atomic E-state index is 12.7. The van der Waals surface area contributed by atoms with Crippen LogP contribution in [-0.4, -0.2) is 27.7 Å². The van der Waals surface area contributed by atoms with Crippen LogP contribution in [0.5, 0.6) is 5.75 Å². The lowest BCUT2D eigenvalue weighted by Crippen LogP contribution is -2.30. The molecular weight excluding hydrogens is 506 g/mol. The minimum Gasteiger partial charge on any atom is -0.494 e. The second-order valence-corrected chi connectivity index (χ2v) is 12.1. The minimum absolute atomic E-state index is 0.0700. The SMILES string of the molecule is COc1cc(N2C(=S)N[C@@H](c3ccccn3)[C@@H]2c2cc(C)n(C3CCCC3)c2C)ccc1NC(=O)C(C)(C)C. The molecule has 1 saturated heterocycles. The molecule has 3 heterocycles. The molecule has 2 N–H and O–H groups in total. The van der Waals surface area contributed by atoms with Gasteiger partial charge in [-0.25, -0.2) is 0 Å². The second-order valence-electron chi connectivity index (χ2n) is 11.7. The standard InChI is InChI=1S/C31H39N5O2S/c1-19-17-23(20(2)35(19)21-11-7-8-12-21)28-27(25-13-9-10-16-32-25)34-30(39)36(28)22-14-15-24(26(18-22)38-6)33-29(37)31(3,4)5/h9-10,13-18,21,27-28H,7-8,11-12H2,1-6H3,(H,33,37)(H,34,39)/t27-,28-/m0/s1. The third-order valence-corrected chi connectivity index (χ3v) is 8.34. The molecule has 3 aromatic rings. The number of carbonyl (C=O) groups is 1. The van der Waals surface area contributed by atoms with Crippen molar-refractivity contribution in [2.75, 3.05) is 17.3 Å². The van der Waals surface area contributed by atoms with E-state index in [1.165, 1.54) is 42.6 Å². The van der Waals surface area contributed by atoms with E-state index < -0.39 is 5.41 Å². The lowest BCUT2D eigenvalue weighted by molar-refractivity contribution is -0.123. The van der Waals surface area contributed by atoms with Gasteiger partial charge in [-0.2, -0.15) is 0 Å². The van der Waals surface area contributed by atoms with Gasteiger partial charge in [0.1, 0.15) is 5.75 Å². The van der Waals surface area contributed by atoms with Crippen molar-refractivity contribution >= 4 is 34.6 Å². The number of pyridine rings is 1. The predicted octanol–water partition coefficient (Wildman–Crippen LogP) is 6.79. The number of rotatable bonds is 6. The zero-order valence-corrected chi connectivity index (χ0v) is 24.6. The first kappa shape index (κ1) is 27.2. The van der Waals surface area contributed by atoms with Crippen LogP contribution in [0.1, 0.15) is 87.2 Å². The maximum Gasteiger partial charge on any atom is 0.229 e. The topological polar surface area (TPSA) is 71.4 Å². The van der Waals surface area contributed by atoms with Gasteiger partial charge in [0.2, 0.25) is 5.91 Å². The number of thiocarbonyl (C=S) groups is 1. The van der Waals surface area contributed by atoms with Gasteiger partial charge < -0.3 is 24.8 Å². The van der Waals surface area contributed by atoms with Gasteiger partial charge in [0.25, 0.3) is 0 Å². The van der Waals surface area contributed by atoms with Gasteiger partial charge in [0.05, 0.1) is 30.6 Å². The molecule has 1 aliphatic heterocycles. The van der Waals surface area contributed by atoms with E-state index in [-0.39, 0.29) is 18.0 Å². The Labute approximate surface area is 237 Å². The van der Waals surface area contributed by atoms with Crippen LogP contribution < -0.4 is 20.3 Å². The summed E-state index contributed by atoms with van der Waals surface area (Å²) >= 11 is 5.97. The summed E-state index contributed by atoms with van der Waals surface area (Å²) in [6, 6.07) is 14.5. The Balaban J connectivity index is 1.59. The summed E-state index contributed by atoms with van der Waals surface area (Å²) < 4.78 is 8.27. The van der Waals surface area contributed by atoms with E-state index in [4.69, 9.17) is 21.9 Å². The molecule has 5 rings (SSSR count). The number of nitrogens with zero attached hydrogens (tertiary/aromatic N) is 3. The molecule has 0 unspecified atom stereocenters. The van der Waals surface area contributed by atoms with Crippen molar-refractivity contribution in [1.82, 2.24) is 14.9 Å². The van der Waals surface area contributed by atoms with Crippen LogP contribution >= 0.6 is 12.2 Å². The average molecular weight is 546 g/mol. The molecule has 7 nitrogen and oxygen atoms in total. The molecule has 1 amide bonds. The molecule has 2 aliphatic rings. The number of amides is 1.